The number of ether oxygens (including phenoxy) is 1. The summed E-state index contributed by atoms with van der Waals surface area (Å²) in [6, 6.07) is 8.21. The van der Waals surface area contributed by atoms with Gasteiger partial charge >= 0.3 is 5.97 Å². The van der Waals surface area contributed by atoms with Crippen LogP contribution < -0.4 is 5.32 Å². The van der Waals surface area contributed by atoms with Crippen LogP contribution in [0.2, 0.25) is 0 Å². The van der Waals surface area contributed by atoms with Gasteiger partial charge in [0, 0.05) is 34.1 Å². The number of hydrogen-bond donors (Lipinski definition) is 2. The Morgan fingerprint density at radius 2 is 2.05 bits per heavy atom. The second-order valence-electron chi connectivity index (χ2n) is 13.0. The Kier molecular flexibility index (Phi) is 6.73. The van der Waals surface area contributed by atoms with Crippen LogP contribution in [0.3, 0.4) is 0 Å². The molecule has 202 valence electrons. The number of esters is 1. The van der Waals surface area contributed by atoms with Gasteiger partial charge in [-0.05, 0) is 73.6 Å². The first-order chi connectivity index (χ1) is 17.5. The number of rotatable bonds is 7. The highest BCUT2D eigenvalue weighted by Crippen LogP contribution is 2.82. The van der Waals surface area contributed by atoms with Crippen LogP contribution in [0, 0.1) is 39.4 Å². The second-order valence-corrected chi connectivity index (χ2v) is 14.0. The Morgan fingerprint density at radius 3 is 2.76 bits per heavy atom. The molecule has 0 saturated heterocycles. The number of Topliss-reactive ketones (excluding diaryl/α,β-unsaturated/α-hetero) is 1. The van der Waals surface area contributed by atoms with E-state index in [1.54, 1.807) is 0 Å². The minimum absolute atomic E-state index is 0.0587. The standard InChI is InChI=1S/C31H43NO4S/c1-7-28(4)15-24(36-25(34)17-37-22-10-8-9-21(13-22)16-32-6)29(5)19(2)14-31-18-30(27(29)31,12-11-23(31)33)20(3)26(28)35/h7-10,13,19-20,24,26-27,32,35H,1,11-12,14-18H2,2-6H3/t19?,20-,24+,26-,27?,28+,29-,30?,31?/m0/s1. The summed E-state index contributed by atoms with van der Waals surface area (Å²) < 4.78 is 6.41. The molecule has 37 heavy (non-hydrogen) atoms. The Hall–Kier alpha value is -1.63. The number of carbonyl (C=O) groups is 2. The van der Waals surface area contributed by atoms with Crippen molar-refractivity contribution in [1.82, 2.24) is 5.32 Å². The lowest BCUT2D eigenvalue weighted by atomic mass is 9.32. The van der Waals surface area contributed by atoms with E-state index in [2.05, 4.69) is 51.7 Å². The van der Waals surface area contributed by atoms with Crippen LogP contribution in [-0.2, 0) is 20.9 Å². The van der Waals surface area contributed by atoms with Gasteiger partial charge in [0.05, 0.1) is 11.9 Å². The third kappa shape index (κ3) is 3.80. The number of benzene rings is 1. The molecule has 2 spiro atoms. The van der Waals surface area contributed by atoms with E-state index in [4.69, 9.17) is 4.74 Å². The van der Waals surface area contributed by atoms with Gasteiger partial charge in [0.15, 0.2) is 0 Å². The normalized spacial score (nSPS) is 44.3. The van der Waals surface area contributed by atoms with Crippen molar-refractivity contribution in [2.75, 3.05) is 12.8 Å². The maximum atomic E-state index is 13.4. The van der Waals surface area contributed by atoms with Crippen molar-refractivity contribution in [1.29, 1.82) is 0 Å². The average molecular weight is 526 g/mol. The van der Waals surface area contributed by atoms with Crippen LogP contribution in [0.5, 0.6) is 0 Å². The number of aliphatic hydroxyl groups is 1. The van der Waals surface area contributed by atoms with Crippen LogP contribution in [0.25, 0.3) is 0 Å². The van der Waals surface area contributed by atoms with Crippen LogP contribution in [0.4, 0.5) is 0 Å². The third-order valence-electron chi connectivity index (χ3n) is 11.3. The molecule has 4 saturated carbocycles. The fourth-order valence-corrected chi connectivity index (χ4v) is 10.1. The largest absolute Gasteiger partial charge is 0.461 e. The van der Waals surface area contributed by atoms with Crippen LogP contribution in [0.1, 0.15) is 65.4 Å². The summed E-state index contributed by atoms with van der Waals surface area (Å²) in [6.07, 6.45) is 4.58. The number of hydrogen-bond acceptors (Lipinski definition) is 6. The van der Waals surface area contributed by atoms with Crippen LogP contribution in [-0.4, -0.2) is 41.9 Å². The average Bonchev–Trinajstić information content (AvgIpc) is 3.06. The molecule has 5 nitrogen and oxygen atoms in total. The minimum atomic E-state index is -0.595. The van der Waals surface area contributed by atoms with E-state index in [9.17, 15) is 14.7 Å². The van der Waals surface area contributed by atoms with Gasteiger partial charge in [0.2, 0.25) is 0 Å². The highest BCUT2D eigenvalue weighted by atomic mass is 32.2. The molecule has 2 N–H and O–H groups in total. The van der Waals surface area contributed by atoms with Crippen molar-refractivity contribution in [3.63, 3.8) is 0 Å². The Bertz CT molecular complexity index is 1110. The number of aliphatic hydroxyl groups excluding tert-OH is 1. The smallest absolute Gasteiger partial charge is 0.316 e. The van der Waals surface area contributed by atoms with Gasteiger partial charge in [-0.15, -0.1) is 18.3 Å². The summed E-state index contributed by atoms with van der Waals surface area (Å²) >= 11 is 1.50. The predicted octanol–water partition coefficient (Wildman–Crippen LogP) is 5.40. The first-order valence-corrected chi connectivity index (χ1v) is 14.9. The molecule has 0 aromatic heterocycles. The lowest BCUT2D eigenvalue weighted by molar-refractivity contribution is -0.257. The highest BCUT2D eigenvalue weighted by molar-refractivity contribution is 8.00. The van der Waals surface area contributed by atoms with E-state index >= 15 is 0 Å². The SMILES string of the molecule is C=C[C@]1(C)C[C@@H](OC(=O)CSc2cccc(CNC)c2)[C@]2(C)C(C)CC34CC(CCC3=O)(C42)[C@@H](C)[C@@H]1O. The van der Waals surface area contributed by atoms with Gasteiger partial charge < -0.3 is 15.2 Å². The van der Waals surface area contributed by atoms with Crippen molar-refractivity contribution < 1.29 is 19.4 Å². The molecular weight excluding hydrogens is 482 g/mol. The van der Waals surface area contributed by atoms with Gasteiger partial charge in [-0.3, -0.25) is 9.59 Å². The Balaban J connectivity index is 1.45. The molecule has 0 amide bonds. The molecule has 0 radical (unpaired) electrons. The van der Waals surface area contributed by atoms with Gasteiger partial charge in [-0.25, -0.2) is 0 Å². The molecule has 1 aromatic rings. The molecule has 2 bridgehead atoms. The zero-order valence-corrected chi connectivity index (χ0v) is 23.8. The molecular formula is C31H43NO4S. The maximum absolute atomic E-state index is 13.4. The van der Waals surface area contributed by atoms with Crippen LogP contribution in [0.15, 0.2) is 41.8 Å². The lowest BCUT2D eigenvalue weighted by Crippen LogP contribution is -2.71. The molecule has 0 heterocycles. The molecule has 1 aromatic carbocycles. The highest BCUT2D eigenvalue weighted by Gasteiger charge is 2.81. The Morgan fingerprint density at radius 1 is 1.30 bits per heavy atom. The Labute approximate surface area is 226 Å². The van der Waals surface area contributed by atoms with Gasteiger partial charge in [-0.1, -0.05) is 45.9 Å². The fourth-order valence-electron chi connectivity index (χ4n) is 9.30. The van der Waals surface area contributed by atoms with E-state index < -0.39 is 11.5 Å². The fraction of sp³-hybridized carbons (Fsp3) is 0.677. The van der Waals surface area contributed by atoms with Crippen molar-refractivity contribution in [2.45, 2.75) is 83.4 Å². The number of nitrogens with one attached hydrogen (secondary N) is 1. The summed E-state index contributed by atoms with van der Waals surface area (Å²) in [7, 11) is 1.92. The quantitative estimate of drug-likeness (QED) is 0.282. The summed E-state index contributed by atoms with van der Waals surface area (Å²) in [5, 5.41) is 14.9. The van der Waals surface area contributed by atoms with Crippen molar-refractivity contribution in [3.8, 4) is 0 Å². The second kappa shape index (κ2) is 9.24. The monoisotopic (exact) mass is 525 g/mol. The number of ketones is 1. The zero-order chi connectivity index (χ0) is 26.8. The van der Waals surface area contributed by atoms with Gasteiger partial charge in [0.1, 0.15) is 11.9 Å². The zero-order valence-electron chi connectivity index (χ0n) is 23.0. The van der Waals surface area contributed by atoms with E-state index in [1.807, 2.05) is 25.3 Å². The van der Waals surface area contributed by atoms with Crippen LogP contribution >= 0.6 is 11.8 Å². The molecule has 4 fully saturated rings. The molecule has 0 aliphatic heterocycles. The minimum Gasteiger partial charge on any atom is -0.461 e. The molecule has 9 atom stereocenters. The molecule has 5 rings (SSSR count). The van der Waals surface area contributed by atoms with Gasteiger partial charge in [-0.2, -0.15) is 0 Å². The molecule has 4 aliphatic carbocycles. The van der Waals surface area contributed by atoms with Crippen molar-refractivity contribution in [2.24, 2.45) is 39.4 Å². The first kappa shape index (κ1) is 27.0. The maximum Gasteiger partial charge on any atom is 0.316 e. The summed E-state index contributed by atoms with van der Waals surface area (Å²) in [5.74, 6) is 0.846. The molecule has 6 heteroatoms. The van der Waals surface area contributed by atoms with E-state index in [-0.39, 0.29) is 51.8 Å². The first-order valence-electron chi connectivity index (χ1n) is 13.9. The topological polar surface area (TPSA) is 75.6 Å². The number of carbonyl (C=O) groups excluding carboxylic acids is 2. The third-order valence-corrected chi connectivity index (χ3v) is 12.2. The lowest BCUT2D eigenvalue weighted by Gasteiger charge is -2.71. The summed E-state index contributed by atoms with van der Waals surface area (Å²) in [6.45, 7) is 13.7. The molecule has 4 unspecified atom stereocenters. The van der Waals surface area contributed by atoms with Crippen molar-refractivity contribution in [3.05, 3.63) is 42.5 Å². The van der Waals surface area contributed by atoms with E-state index in [0.29, 0.717) is 18.6 Å². The van der Waals surface area contributed by atoms with Crippen molar-refractivity contribution >= 4 is 23.5 Å². The van der Waals surface area contributed by atoms with E-state index in [1.165, 1.54) is 17.3 Å². The summed E-state index contributed by atoms with van der Waals surface area (Å²) in [4.78, 5) is 27.8. The van der Waals surface area contributed by atoms with E-state index in [0.717, 1.165) is 30.7 Å². The molecule has 4 aliphatic rings. The summed E-state index contributed by atoms with van der Waals surface area (Å²) in [5.41, 5.74) is -0.126. The number of thioether (sulfide) groups is 1. The predicted molar refractivity (Wildman–Crippen MR) is 147 cm³/mol. The van der Waals surface area contributed by atoms with Gasteiger partial charge in [0.25, 0.3) is 0 Å².